The largest absolute Gasteiger partial charge is 0.389 e. The maximum atomic E-state index is 12.7. The molecule has 1 unspecified atom stereocenters. The highest BCUT2D eigenvalue weighted by atomic mass is 16.3. The highest BCUT2D eigenvalue weighted by Crippen LogP contribution is 2.14. The van der Waals surface area contributed by atoms with Crippen LogP contribution in [-0.4, -0.2) is 62.2 Å². The minimum Gasteiger partial charge on any atom is -0.389 e. The summed E-state index contributed by atoms with van der Waals surface area (Å²) >= 11 is 0. The summed E-state index contributed by atoms with van der Waals surface area (Å²) in [5.74, 6) is -0.468. The molecule has 0 bridgehead atoms. The van der Waals surface area contributed by atoms with E-state index in [1.165, 1.54) is 9.58 Å². The van der Waals surface area contributed by atoms with Crippen LogP contribution >= 0.6 is 0 Å². The van der Waals surface area contributed by atoms with Crippen LogP contribution in [0.5, 0.6) is 0 Å². The molecule has 2 aromatic rings. The predicted molar refractivity (Wildman–Crippen MR) is 91.7 cm³/mol. The van der Waals surface area contributed by atoms with E-state index in [0.29, 0.717) is 12.2 Å². The van der Waals surface area contributed by atoms with Crippen LogP contribution in [0.25, 0.3) is 0 Å². The van der Waals surface area contributed by atoms with E-state index in [2.05, 4.69) is 5.10 Å². The molecule has 25 heavy (non-hydrogen) atoms. The molecule has 3 rings (SSSR count). The molecule has 1 saturated heterocycles. The maximum Gasteiger partial charge on any atom is 0.272 e. The Balaban J connectivity index is 1.76. The van der Waals surface area contributed by atoms with Crippen molar-refractivity contribution >= 4 is 11.8 Å². The molecule has 132 valence electrons. The zero-order valence-corrected chi connectivity index (χ0v) is 14.4. The molecule has 7 nitrogen and oxygen atoms in total. The Morgan fingerprint density at radius 1 is 1.28 bits per heavy atom. The fourth-order valence-corrected chi connectivity index (χ4v) is 3.08. The molecule has 1 N–H and O–H groups in total. The fraction of sp³-hybridized carbons (Fsp3) is 0.389. The number of carbonyl (C=O) groups is 2. The molecule has 1 aliphatic rings. The minimum absolute atomic E-state index is 0.0487. The lowest BCUT2D eigenvalue weighted by atomic mass is 10.2. The first-order chi connectivity index (χ1) is 11.9. The molecular formula is C18H22N4O3. The fourth-order valence-electron chi connectivity index (χ4n) is 3.08. The van der Waals surface area contributed by atoms with E-state index in [4.69, 9.17) is 0 Å². The minimum atomic E-state index is -0.784. The molecule has 0 spiro atoms. The first kappa shape index (κ1) is 17.2. The summed E-state index contributed by atoms with van der Waals surface area (Å²) in [6, 6.07) is 11.3. The van der Waals surface area contributed by atoms with Crippen LogP contribution < -0.4 is 0 Å². The van der Waals surface area contributed by atoms with Crippen molar-refractivity contribution in [3.63, 3.8) is 0 Å². The van der Waals surface area contributed by atoms with Crippen LogP contribution in [0.2, 0.25) is 0 Å². The Bertz CT molecular complexity index is 772. The number of hydrogen-bond donors (Lipinski definition) is 1. The van der Waals surface area contributed by atoms with Gasteiger partial charge in [-0.25, -0.2) is 0 Å². The number of aromatic nitrogens is 2. The second kappa shape index (κ2) is 7.06. The van der Waals surface area contributed by atoms with Crippen molar-refractivity contribution in [2.75, 3.05) is 19.6 Å². The summed E-state index contributed by atoms with van der Waals surface area (Å²) in [5.41, 5.74) is 2.14. The summed E-state index contributed by atoms with van der Waals surface area (Å²) in [5, 5.41) is 14.5. The van der Waals surface area contributed by atoms with Crippen molar-refractivity contribution in [3.8, 4) is 0 Å². The average molecular weight is 342 g/mol. The van der Waals surface area contributed by atoms with Gasteiger partial charge in [0.05, 0.1) is 11.8 Å². The molecule has 2 heterocycles. The second-order valence-corrected chi connectivity index (χ2v) is 6.39. The smallest absolute Gasteiger partial charge is 0.272 e. The topological polar surface area (TPSA) is 78.7 Å². The Labute approximate surface area is 146 Å². The third-order valence-corrected chi connectivity index (χ3v) is 4.27. The van der Waals surface area contributed by atoms with Gasteiger partial charge in [0, 0.05) is 26.7 Å². The van der Waals surface area contributed by atoms with E-state index in [1.807, 2.05) is 30.3 Å². The van der Waals surface area contributed by atoms with Crippen molar-refractivity contribution in [1.82, 2.24) is 19.6 Å². The van der Waals surface area contributed by atoms with Gasteiger partial charge in [0.2, 0.25) is 5.91 Å². The lowest BCUT2D eigenvalue weighted by Crippen LogP contribution is -2.40. The molecule has 1 aliphatic heterocycles. The van der Waals surface area contributed by atoms with Crippen LogP contribution in [0, 0.1) is 6.92 Å². The Kier molecular flexibility index (Phi) is 4.85. The van der Waals surface area contributed by atoms with Gasteiger partial charge in [-0.1, -0.05) is 30.3 Å². The highest BCUT2D eigenvalue weighted by Gasteiger charge is 2.31. The van der Waals surface area contributed by atoms with Gasteiger partial charge in [0.15, 0.2) is 0 Å². The monoisotopic (exact) mass is 342 g/mol. The van der Waals surface area contributed by atoms with Gasteiger partial charge in [-0.2, -0.15) is 5.10 Å². The standard InChI is InChI=1S/C18H22N4O3/c1-13-8-16(20(2)19-13)18(25)22-11-15(23)10-21(17(24)12-22)9-14-6-4-3-5-7-14/h3-8,15,23H,9-12H2,1-2H3. The van der Waals surface area contributed by atoms with Crippen LogP contribution in [0.1, 0.15) is 21.7 Å². The van der Waals surface area contributed by atoms with Crippen LogP contribution in [0.15, 0.2) is 36.4 Å². The maximum absolute atomic E-state index is 12.7. The molecule has 1 atom stereocenters. The third-order valence-electron chi connectivity index (χ3n) is 4.27. The third kappa shape index (κ3) is 3.88. The molecule has 1 aromatic carbocycles. The number of aliphatic hydroxyl groups is 1. The van der Waals surface area contributed by atoms with Gasteiger partial charge in [-0.15, -0.1) is 0 Å². The van der Waals surface area contributed by atoms with E-state index in [0.717, 1.165) is 11.3 Å². The second-order valence-electron chi connectivity index (χ2n) is 6.39. The summed E-state index contributed by atoms with van der Waals surface area (Å²) in [4.78, 5) is 28.3. The number of hydrogen-bond acceptors (Lipinski definition) is 4. The highest BCUT2D eigenvalue weighted by molar-refractivity contribution is 5.95. The van der Waals surface area contributed by atoms with Gasteiger partial charge < -0.3 is 14.9 Å². The Hall–Kier alpha value is -2.67. The van der Waals surface area contributed by atoms with Gasteiger partial charge in [0.25, 0.3) is 5.91 Å². The molecule has 2 amide bonds. The van der Waals surface area contributed by atoms with Gasteiger partial charge in [-0.3, -0.25) is 14.3 Å². The van der Waals surface area contributed by atoms with Crippen molar-refractivity contribution in [3.05, 3.63) is 53.3 Å². The number of benzene rings is 1. The normalized spacial score (nSPS) is 18.4. The molecule has 0 saturated carbocycles. The van der Waals surface area contributed by atoms with Gasteiger partial charge >= 0.3 is 0 Å². The number of carbonyl (C=O) groups excluding carboxylic acids is 2. The van der Waals surface area contributed by atoms with Crippen molar-refractivity contribution < 1.29 is 14.7 Å². The van der Waals surface area contributed by atoms with Crippen LogP contribution in [-0.2, 0) is 18.4 Å². The molecular weight excluding hydrogens is 320 g/mol. The molecule has 0 radical (unpaired) electrons. The SMILES string of the molecule is Cc1cc(C(=O)N2CC(=O)N(Cc3ccccc3)CC(O)C2)n(C)n1. The number of amides is 2. The van der Waals surface area contributed by atoms with Crippen molar-refractivity contribution in [2.24, 2.45) is 7.05 Å². The lowest BCUT2D eigenvalue weighted by Gasteiger charge is -2.22. The first-order valence-corrected chi connectivity index (χ1v) is 8.23. The zero-order chi connectivity index (χ0) is 18.0. The first-order valence-electron chi connectivity index (χ1n) is 8.23. The van der Waals surface area contributed by atoms with E-state index >= 15 is 0 Å². The van der Waals surface area contributed by atoms with Gasteiger partial charge in [0.1, 0.15) is 12.2 Å². The Morgan fingerprint density at radius 3 is 2.64 bits per heavy atom. The molecule has 1 aromatic heterocycles. The van der Waals surface area contributed by atoms with E-state index in [9.17, 15) is 14.7 Å². The van der Waals surface area contributed by atoms with Crippen molar-refractivity contribution in [1.29, 1.82) is 0 Å². The number of nitrogens with zero attached hydrogens (tertiary/aromatic N) is 4. The van der Waals surface area contributed by atoms with E-state index < -0.39 is 6.10 Å². The summed E-state index contributed by atoms with van der Waals surface area (Å²) < 4.78 is 1.50. The van der Waals surface area contributed by atoms with E-state index in [1.54, 1.807) is 24.9 Å². The zero-order valence-electron chi connectivity index (χ0n) is 14.4. The molecule has 1 fully saturated rings. The lowest BCUT2D eigenvalue weighted by molar-refractivity contribution is -0.131. The molecule has 7 heteroatoms. The quantitative estimate of drug-likeness (QED) is 0.885. The van der Waals surface area contributed by atoms with Crippen LogP contribution in [0.4, 0.5) is 0 Å². The average Bonchev–Trinajstić information content (AvgIpc) is 2.84. The summed E-state index contributed by atoms with van der Waals surface area (Å²) in [7, 11) is 1.69. The summed E-state index contributed by atoms with van der Waals surface area (Å²) in [6.07, 6.45) is -0.784. The number of rotatable bonds is 3. The van der Waals surface area contributed by atoms with Crippen LogP contribution in [0.3, 0.4) is 0 Å². The number of aliphatic hydroxyl groups excluding tert-OH is 1. The Morgan fingerprint density at radius 2 is 2.00 bits per heavy atom. The number of β-amino-alcohol motifs (C(OH)–C–C–N with tert-alkyl or cyclic N) is 1. The number of aryl methyl sites for hydroxylation is 2. The van der Waals surface area contributed by atoms with Crippen molar-refractivity contribution in [2.45, 2.75) is 19.6 Å². The molecule has 0 aliphatic carbocycles. The summed E-state index contributed by atoms with van der Waals surface area (Å²) in [6.45, 7) is 2.51. The predicted octanol–water partition coefficient (Wildman–Crippen LogP) is 0.574. The van der Waals surface area contributed by atoms with Gasteiger partial charge in [-0.05, 0) is 18.6 Å². The van der Waals surface area contributed by atoms with E-state index in [-0.39, 0.29) is 31.4 Å².